The maximum absolute atomic E-state index is 13.7. The molecule has 0 saturated carbocycles. The van der Waals surface area contributed by atoms with Crippen LogP contribution in [0.2, 0.25) is 0 Å². The number of nitrogens with zero attached hydrogens (tertiary/aromatic N) is 2. The van der Waals surface area contributed by atoms with Crippen LogP contribution in [0.1, 0.15) is 55.8 Å². The summed E-state index contributed by atoms with van der Waals surface area (Å²) >= 11 is 2.29. The molecule has 3 amide bonds. The largest absolute Gasteiger partial charge is 0.416 e. The highest BCUT2D eigenvalue weighted by Crippen LogP contribution is 2.33. The number of piperidine rings is 1. The van der Waals surface area contributed by atoms with E-state index in [-0.39, 0.29) is 29.8 Å². The molecule has 1 unspecified atom stereocenters. The lowest BCUT2D eigenvalue weighted by Crippen LogP contribution is -2.50. The van der Waals surface area contributed by atoms with Crippen molar-refractivity contribution >= 4 is 45.3 Å². The number of likely N-dealkylation sites (tertiary alicyclic amines) is 1. The Balaban J connectivity index is 1.59. The second-order valence-electron chi connectivity index (χ2n) is 11.6. The average molecular weight is 709 g/mol. The van der Waals surface area contributed by atoms with Gasteiger partial charge >= 0.3 is 12.2 Å². The van der Waals surface area contributed by atoms with E-state index in [1.165, 1.54) is 0 Å². The van der Waals surface area contributed by atoms with Gasteiger partial charge in [0.05, 0.1) is 11.6 Å². The zero-order chi connectivity index (χ0) is 31.1. The molecule has 0 aromatic heterocycles. The van der Waals surface area contributed by atoms with Crippen molar-refractivity contribution in [3.05, 3.63) is 83.4 Å². The fourth-order valence-corrected chi connectivity index (χ4v) is 6.53. The maximum Gasteiger partial charge on any atom is 0.416 e. The first kappa shape index (κ1) is 33.0. The number of hydrogen-bond donors (Lipinski definition) is 2. The Morgan fingerprint density at radius 3 is 2.28 bits per heavy atom. The van der Waals surface area contributed by atoms with E-state index >= 15 is 0 Å². The number of carbonyl (C=O) groups excluding carboxylic acids is 2. The molecule has 3 aromatic rings. The molecule has 1 aliphatic heterocycles. The number of halogens is 4. The lowest BCUT2D eigenvalue weighted by molar-refractivity contribution is -0.137. The highest BCUT2D eigenvalue weighted by molar-refractivity contribution is 14.1. The van der Waals surface area contributed by atoms with Crippen molar-refractivity contribution in [3.63, 3.8) is 0 Å². The topological polar surface area (TPSA) is 78.7 Å². The van der Waals surface area contributed by atoms with E-state index in [1.807, 2.05) is 47.4 Å². The van der Waals surface area contributed by atoms with Gasteiger partial charge < -0.3 is 20.9 Å². The number of carbonyl (C=O) groups is 2. The van der Waals surface area contributed by atoms with Crippen LogP contribution in [-0.4, -0.2) is 58.4 Å². The van der Waals surface area contributed by atoms with Crippen LogP contribution in [0.4, 0.5) is 18.0 Å². The van der Waals surface area contributed by atoms with Gasteiger partial charge in [-0.25, -0.2) is 4.79 Å². The minimum Gasteiger partial charge on any atom is -0.351 e. The fraction of sp³-hybridized carbons (Fsp3) is 0.455. The molecule has 1 aliphatic rings. The lowest BCUT2D eigenvalue weighted by atomic mass is 9.91. The second kappa shape index (κ2) is 14.7. The minimum atomic E-state index is -4.42. The van der Waals surface area contributed by atoms with E-state index in [1.54, 1.807) is 17.0 Å². The molecule has 1 saturated heterocycles. The fourth-order valence-electron chi connectivity index (χ4n) is 6.01. The van der Waals surface area contributed by atoms with Gasteiger partial charge in [0.2, 0.25) is 5.91 Å². The molecule has 0 spiro atoms. The third kappa shape index (κ3) is 8.41. The number of fused-ring (bicyclic) bond motifs is 1. The van der Waals surface area contributed by atoms with Gasteiger partial charge in [-0.1, -0.05) is 91.0 Å². The van der Waals surface area contributed by atoms with Gasteiger partial charge in [-0.15, -0.1) is 0 Å². The highest BCUT2D eigenvalue weighted by atomic mass is 127. The zero-order valence-corrected chi connectivity index (χ0v) is 26.8. The predicted molar refractivity (Wildman–Crippen MR) is 173 cm³/mol. The molecule has 3 N–H and O–H groups in total. The molecular formula is C33H40F3IN4O2. The van der Waals surface area contributed by atoms with Gasteiger partial charge in [0.1, 0.15) is 0 Å². The van der Waals surface area contributed by atoms with Crippen LogP contribution in [0.5, 0.6) is 0 Å². The molecule has 43 heavy (non-hydrogen) atoms. The number of urea groups is 1. The van der Waals surface area contributed by atoms with Crippen LogP contribution < -0.4 is 11.1 Å². The number of amides is 3. The number of nitrogens with one attached hydrogen (secondary N) is 1. The van der Waals surface area contributed by atoms with E-state index in [0.717, 1.165) is 51.3 Å². The maximum atomic E-state index is 13.7. The van der Waals surface area contributed by atoms with E-state index in [9.17, 15) is 22.8 Å². The quantitative estimate of drug-likeness (QED) is 0.166. The molecule has 232 valence electrons. The summed E-state index contributed by atoms with van der Waals surface area (Å²) in [5, 5.41) is 5.73. The van der Waals surface area contributed by atoms with E-state index in [4.69, 9.17) is 5.73 Å². The SMILES string of the molecule is CC(C)[C@@H](CNC(c1ccc(C(F)(F)F)cc1)c1cccc2ccccc12)N(CCI)C(=O)CC1CCN(C(N)=O)CC1. The van der Waals surface area contributed by atoms with Gasteiger partial charge in [0.15, 0.2) is 0 Å². The third-order valence-electron chi connectivity index (χ3n) is 8.44. The molecule has 6 nitrogen and oxygen atoms in total. The Hall–Kier alpha value is -2.86. The van der Waals surface area contributed by atoms with Crippen LogP contribution in [0.3, 0.4) is 0 Å². The summed E-state index contributed by atoms with van der Waals surface area (Å²) in [6.45, 7) is 6.38. The van der Waals surface area contributed by atoms with Crippen molar-refractivity contribution in [3.8, 4) is 0 Å². The monoisotopic (exact) mass is 708 g/mol. The van der Waals surface area contributed by atoms with Crippen LogP contribution in [-0.2, 0) is 11.0 Å². The summed E-state index contributed by atoms with van der Waals surface area (Å²) in [5.41, 5.74) is 6.43. The van der Waals surface area contributed by atoms with Crippen molar-refractivity contribution in [2.24, 2.45) is 17.6 Å². The number of primary amides is 1. The summed E-state index contributed by atoms with van der Waals surface area (Å²) < 4.78 is 40.9. The smallest absolute Gasteiger partial charge is 0.351 e. The van der Waals surface area contributed by atoms with Gasteiger partial charge in [0, 0.05) is 43.1 Å². The van der Waals surface area contributed by atoms with Crippen LogP contribution in [0.15, 0.2) is 66.7 Å². The average Bonchev–Trinajstić information content (AvgIpc) is 2.98. The third-order valence-corrected chi connectivity index (χ3v) is 8.92. The van der Waals surface area contributed by atoms with Crippen molar-refractivity contribution in [1.29, 1.82) is 0 Å². The number of nitrogens with two attached hydrogens (primary N) is 1. The van der Waals surface area contributed by atoms with E-state index < -0.39 is 17.8 Å². The first-order valence-corrected chi connectivity index (χ1v) is 16.3. The Bertz CT molecular complexity index is 1370. The predicted octanol–water partition coefficient (Wildman–Crippen LogP) is 7.01. The van der Waals surface area contributed by atoms with Crippen LogP contribution in [0.25, 0.3) is 10.8 Å². The lowest BCUT2D eigenvalue weighted by Gasteiger charge is -2.37. The number of benzene rings is 3. The normalized spacial score (nSPS) is 15.9. The summed E-state index contributed by atoms with van der Waals surface area (Å²) in [7, 11) is 0. The molecule has 1 heterocycles. The number of alkyl halides is 4. The molecular weight excluding hydrogens is 668 g/mol. The number of rotatable bonds is 11. The standard InChI is InChI=1S/C33H40F3IN4O2/c1-22(2)29(41(19-16-37)30(42)20-23-14-17-40(18-15-23)32(38)43)21-39-31(25-10-12-26(13-11-25)33(34,35)36)28-9-5-7-24-6-3-4-8-27(24)28/h3-13,22-23,29,31,39H,14-21H2,1-2H3,(H2,38,43)/t29-,31?/m1/s1. The summed E-state index contributed by atoms with van der Waals surface area (Å²) in [6.07, 6.45) is -2.51. The van der Waals surface area contributed by atoms with Gasteiger partial charge in [0.25, 0.3) is 0 Å². The first-order chi connectivity index (χ1) is 20.5. The van der Waals surface area contributed by atoms with Crippen molar-refractivity contribution in [1.82, 2.24) is 15.1 Å². The summed E-state index contributed by atoms with van der Waals surface area (Å²) in [6, 6.07) is 18.4. The molecule has 0 aliphatic carbocycles. The first-order valence-electron chi connectivity index (χ1n) is 14.8. The van der Waals surface area contributed by atoms with Crippen LogP contribution in [0, 0.1) is 11.8 Å². The molecule has 2 atom stereocenters. The van der Waals surface area contributed by atoms with Crippen LogP contribution >= 0.6 is 22.6 Å². The zero-order valence-electron chi connectivity index (χ0n) is 24.6. The minimum absolute atomic E-state index is 0.0888. The Labute approximate surface area is 265 Å². The summed E-state index contributed by atoms with van der Waals surface area (Å²) in [5.74, 6) is 0.416. The van der Waals surface area contributed by atoms with Crippen molar-refractivity contribution in [2.45, 2.75) is 51.4 Å². The van der Waals surface area contributed by atoms with Crippen molar-refractivity contribution in [2.75, 3.05) is 30.6 Å². The van der Waals surface area contributed by atoms with Gasteiger partial charge in [-0.2, -0.15) is 13.2 Å². The Morgan fingerprint density at radius 2 is 1.67 bits per heavy atom. The molecule has 1 fully saturated rings. The molecule has 4 rings (SSSR count). The van der Waals surface area contributed by atoms with Gasteiger partial charge in [-0.3, -0.25) is 4.79 Å². The van der Waals surface area contributed by atoms with Gasteiger partial charge in [-0.05, 0) is 58.7 Å². The second-order valence-corrected chi connectivity index (χ2v) is 12.7. The number of hydrogen-bond acceptors (Lipinski definition) is 3. The van der Waals surface area contributed by atoms with E-state index in [2.05, 4.69) is 41.8 Å². The molecule has 3 aromatic carbocycles. The van der Waals surface area contributed by atoms with Crippen molar-refractivity contribution < 1.29 is 22.8 Å². The molecule has 0 bridgehead atoms. The highest BCUT2D eigenvalue weighted by Gasteiger charge is 2.32. The summed E-state index contributed by atoms with van der Waals surface area (Å²) in [4.78, 5) is 28.9. The Kier molecular flexibility index (Phi) is 11.3. The molecule has 10 heteroatoms. The molecule has 0 radical (unpaired) electrons. The Morgan fingerprint density at radius 1 is 1.02 bits per heavy atom. The van der Waals surface area contributed by atoms with E-state index in [0.29, 0.717) is 32.6 Å².